The molecule has 0 aliphatic rings. The molecular weight excluding hydrogens is 339 g/mol. The van der Waals surface area contributed by atoms with E-state index >= 15 is 0 Å². The van der Waals surface area contributed by atoms with Gasteiger partial charge in [0.25, 0.3) is 11.8 Å². The minimum absolute atomic E-state index is 0.154. The van der Waals surface area contributed by atoms with Gasteiger partial charge >= 0.3 is 0 Å². The molecule has 1 aromatic heterocycles. The smallest absolute Gasteiger partial charge is 0.260 e. The van der Waals surface area contributed by atoms with Crippen molar-refractivity contribution in [3.8, 4) is 23.4 Å². The fraction of sp³-hybridized carbons (Fsp3) is 0.0667. The van der Waals surface area contributed by atoms with Gasteiger partial charge in [0.15, 0.2) is 11.5 Å². The first-order chi connectivity index (χ1) is 11.4. The molecule has 2 rings (SSSR count). The Balaban J connectivity index is 2.38. The SMILES string of the molecule is COc1cc(/C=C(/C#N)C(N)=O)ccc1Oc1nc(Cl)ncc1F. The molecule has 2 aromatic rings. The van der Waals surface area contributed by atoms with Crippen molar-refractivity contribution in [3.05, 3.63) is 46.6 Å². The minimum atomic E-state index is -0.852. The summed E-state index contributed by atoms with van der Waals surface area (Å²) < 4.78 is 24.1. The molecule has 1 amide bonds. The second-order valence-electron chi connectivity index (χ2n) is 4.34. The molecule has 0 bridgehead atoms. The molecule has 7 nitrogen and oxygen atoms in total. The fourth-order valence-electron chi connectivity index (χ4n) is 1.69. The van der Waals surface area contributed by atoms with Crippen molar-refractivity contribution in [1.82, 2.24) is 9.97 Å². The van der Waals surface area contributed by atoms with Crippen LogP contribution in [0.5, 0.6) is 17.4 Å². The average molecular weight is 349 g/mol. The normalized spacial score (nSPS) is 10.8. The Morgan fingerprint density at radius 2 is 2.21 bits per heavy atom. The first-order valence-corrected chi connectivity index (χ1v) is 6.78. The lowest BCUT2D eigenvalue weighted by molar-refractivity contribution is -0.114. The standard InChI is InChI=1S/C15H10ClFN4O3/c1-23-12-5-8(4-9(6-18)13(19)22)2-3-11(12)24-14-10(17)7-20-15(16)21-14/h2-5,7H,1H3,(H2,19,22)/b9-4-. The highest BCUT2D eigenvalue weighted by Gasteiger charge is 2.13. The lowest BCUT2D eigenvalue weighted by Gasteiger charge is -2.10. The third kappa shape index (κ3) is 3.97. The number of primary amides is 1. The van der Waals surface area contributed by atoms with E-state index < -0.39 is 11.7 Å². The number of carbonyl (C=O) groups excluding carboxylic acids is 1. The van der Waals surface area contributed by atoms with Crippen molar-refractivity contribution in [2.75, 3.05) is 7.11 Å². The Morgan fingerprint density at radius 3 is 2.83 bits per heavy atom. The topological polar surface area (TPSA) is 111 Å². The first kappa shape index (κ1) is 17.2. The van der Waals surface area contributed by atoms with Crippen molar-refractivity contribution in [3.63, 3.8) is 0 Å². The number of nitriles is 1. The van der Waals surface area contributed by atoms with Crippen molar-refractivity contribution in [2.45, 2.75) is 0 Å². The molecule has 0 unspecified atom stereocenters. The minimum Gasteiger partial charge on any atom is -0.493 e. The highest BCUT2D eigenvalue weighted by atomic mass is 35.5. The molecule has 1 heterocycles. The summed E-state index contributed by atoms with van der Waals surface area (Å²) >= 11 is 5.60. The van der Waals surface area contributed by atoms with Crippen LogP contribution in [0.25, 0.3) is 6.08 Å². The molecule has 2 N–H and O–H groups in total. The summed E-state index contributed by atoms with van der Waals surface area (Å²) in [6.07, 6.45) is 2.16. The predicted molar refractivity (Wildman–Crippen MR) is 82.9 cm³/mol. The van der Waals surface area contributed by atoms with E-state index in [4.69, 9.17) is 32.1 Å². The molecule has 0 aliphatic heterocycles. The molecule has 0 saturated heterocycles. The summed E-state index contributed by atoms with van der Waals surface area (Å²) in [6, 6.07) is 6.15. The van der Waals surface area contributed by atoms with Crippen LogP contribution in [0.2, 0.25) is 5.28 Å². The summed E-state index contributed by atoms with van der Waals surface area (Å²) in [7, 11) is 1.37. The number of rotatable bonds is 5. The van der Waals surface area contributed by atoms with Crippen LogP contribution in [-0.2, 0) is 4.79 Å². The predicted octanol–water partition coefficient (Wildman–Crippen LogP) is 2.46. The van der Waals surface area contributed by atoms with Gasteiger partial charge in [-0.3, -0.25) is 4.79 Å². The van der Waals surface area contributed by atoms with Gasteiger partial charge in [-0.1, -0.05) is 6.07 Å². The van der Waals surface area contributed by atoms with Gasteiger partial charge in [0.05, 0.1) is 13.3 Å². The molecule has 122 valence electrons. The number of methoxy groups -OCH3 is 1. The van der Waals surface area contributed by atoms with Crippen LogP contribution in [0.1, 0.15) is 5.56 Å². The molecule has 0 aliphatic carbocycles. The van der Waals surface area contributed by atoms with E-state index in [-0.39, 0.29) is 28.2 Å². The van der Waals surface area contributed by atoms with E-state index in [1.54, 1.807) is 6.07 Å². The maximum absolute atomic E-state index is 13.6. The maximum atomic E-state index is 13.6. The van der Waals surface area contributed by atoms with E-state index in [0.717, 1.165) is 6.20 Å². The first-order valence-electron chi connectivity index (χ1n) is 6.40. The van der Waals surface area contributed by atoms with E-state index in [9.17, 15) is 9.18 Å². The van der Waals surface area contributed by atoms with E-state index in [0.29, 0.717) is 5.56 Å². The number of benzene rings is 1. The van der Waals surface area contributed by atoms with Crippen molar-refractivity contribution in [2.24, 2.45) is 5.73 Å². The number of aromatic nitrogens is 2. The summed E-state index contributed by atoms with van der Waals surface area (Å²) in [5.41, 5.74) is 5.32. The average Bonchev–Trinajstić information content (AvgIpc) is 2.56. The van der Waals surface area contributed by atoms with E-state index in [2.05, 4.69) is 9.97 Å². The zero-order valence-corrected chi connectivity index (χ0v) is 13.0. The second-order valence-corrected chi connectivity index (χ2v) is 4.68. The van der Waals surface area contributed by atoms with Crippen molar-refractivity contribution < 1.29 is 18.7 Å². The van der Waals surface area contributed by atoms with Gasteiger partial charge in [-0.15, -0.1) is 0 Å². The third-order valence-electron chi connectivity index (χ3n) is 2.77. The number of halogens is 2. The van der Waals surface area contributed by atoms with Crippen LogP contribution in [0.3, 0.4) is 0 Å². The lowest BCUT2D eigenvalue weighted by Crippen LogP contribution is -2.12. The zero-order chi connectivity index (χ0) is 17.7. The molecule has 0 atom stereocenters. The van der Waals surface area contributed by atoms with Crippen LogP contribution in [0, 0.1) is 17.1 Å². The van der Waals surface area contributed by atoms with Crippen molar-refractivity contribution in [1.29, 1.82) is 5.26 Å². The van der Waals surface area contributed by atoms with Gasteiger partial charge in [-0.2, -0.15) is 14.6 Å². The number of hydrogen-bond acceptors (Lipinski definition) is 6. The number of amides is 1. The van der Waals surface area contributed by atoms with Crippen LogP contribution >= 0.6 is 11.6 Å². The molecule has 24 heavy (non-hydrogen) atoms. The second kappa shape index (κ2) is 7.39. The van der Waals surface area contributed by atoms with Gasteiger partial charge < -0.3 is 15.2 Å². The quantitative estimate of drug-likeness (QED) is 0.504. The number of nitrogens with zero attached hydrogens (tertiary/aromatic N) is 3. The number of ether oxygens (including phenoxy) is 2. The Labute approximate surface area is 141 Å². The Bertz CT molecular complexity index is 864. The molecule has 0 radical (unpaired) electrons. The van der Waals surface area contributed by atoms with E-state index in [1.165, 1.54) is 31.4 Å². The van der Waals surface area contributed by atoms with Gasteiger partial charge in [0.2, 0.25) is 11.1 Å². The van der Waals surface area contributed by atoms with Crippen LogP contribution in [0.15, 0.2) is 30.0 Å². The number of carbonyl (C=O) groups is 1. The molecular formula is C15H10ClFN4O3. The number of hydrogen-bond donors (Lipinski definition) is 1. The Kier molecular flexibility index (Phi) is 5.29. The highest BCUT2D eigenvalue weighted by Crippen LogP contribution is 2.33. The Hall–Kier alpha value is -3.18. The lowest BCUT2D eigenvalue weighted by atomic mass is 10.1. The van der Waals surface area contributed by atoms with Gasteiger partial charge in [-0.05, 0) is 35.4 Å². The Morgan fingerprint density at radius 1 is 1.46 bits per heavy atom. The molecule has 0 saturated carbocycles. The molecule has 0 fully saturated rings. The van der Waals surface area contributed by atoms with Crippen LogP contribution in [0.4, 0.5) is 4.39 Å². The van der Waals surface area contributed by atoms with Crippen LogP contribution < -0.4 is 15.2 Å². The van der Waals surface area contributed by atoms with Gasteiger partial charge in [-0.25, -0.2) is 4.98 Å². The fourth-order valence-corrected chi connectivity index (χ4v) is 1.82. The largest absolute Gasteiger partial charge is 0.493 e. The summed E-state index contributed by atoms with van der Waals surface area (Å²) in [6.45, 7) is 0. The zero-order valence-electron chi connectivity index (χ0n) is 12.3. The molecule has 9 heteroatoms. The molecule has 1 aromatic carbocycles. The third-order valence-corrected chi connectivity index (χ3v) is 2.96. The highest BCUT2D eigenvalue weighted by molar-refractivity contribution is 6.28. The molecule has 0 spiro atoms. The van der Waals surface area contributed by atoms with Gasteiger partial charge in [0, 0.05) is 0 Å². The van der Waals surface area contributed by atoms with Gasteiger partial charge in [0.1, 0.15) is 11.6 Å². The monoisotopic (exact) mass is 348 g/mol. The number of nitrogens with two attached hydrogens (primary N) is 1. The van der Waals surface area contributed by atoms with Crippen molar-refractivity contribution >= 4 is 23.6 Å². The van der Waals surface area contributed by atoms with Crippen LogP contribution in [-0.4, -0.2) is 23.0 Å². The summed E-state index contributed by atoms with van der Waals surface area (Å²) in [4.78, 5) is 18.2. The summed E-state index contributed by atoms with van der Waals surface area (Å²) in [5, 5.41) is 8.67. The maximum Gasteiger partial charge on any atom is 0.260 e. The van der Waals surface area contributed by atoms with E-state index in [1.807, 2.05) is 0 Å². The summed E-state index contributed by atoms with van der Waals surface area (Å²) in [5.74, 6) is -1.65.